The molecule has 4 N–H and O–H groups in total. The van der Waals surface area contributed by atoms with E-state index in [1.165, 1.54) is 0 Å². The molecule has 0 saturated heterocycles. The zero-order chi connectivity index (χ0) is 16.0. The standard InChI is InChI=1S/C13H23F2N5O/c1-8-10(17-5-6-21-7-9(14)15)18-12(13(2,3)4)19-11(8)20-16/h9H,5-7,16H2,1-4H3,(H2,17,18,19,20). The number of rotatable bonds is 7. The normalized spacial score (nSPS) is 11.8. The van der Waals surface area contributed by atoms with Crippen molar-refractivity contribution < 1.29 is 13.5 Å². The molecular formula is C13H23F2N5O. The summed E-state index contributed by atoms with van der Waals surface area (Å²) in [5.74, 6) is 7.25. The number of halogens is 2. The van der Waals surface area contributed by atoms with E-state index in [1.54, 1.807) is 0 Å². The van der Waals surface area contributed by atoms with Crippen molar-refractivity contribution in [3.63, 3.8) is 0 Å². The molecule has 1 aromatic heterocycles. The zero-order valence-corrected chi connectivity index (χ0v) is 12.8. The van der Waals surface area contributed by atoms with Crippen molar-refractivity contribution in [2.24, 2.45) is 5.84 Å². The van der Waals surface area contributed by atoms with E-state index in [0.29, 0.717) is 24.0 Å². The third-order valence-electron chi connectivity index (χ3n) is 2.74. The van der Waals surface area contributed by atoms with Crippen LogP contribution < -0.4 is 16.6 Å². The molecule has 0 fully saturated rings. The van der Waals surface area contributed by atoms with Gasteiger partial charge in [0.15, 0.2) is 0 Å². The molecule has 1 aromatic rings. The molecule has 0 atom stereocenters. The van der Waals surface area contributed by atoms with Gasteiger partial charge in [0.1, 0.15) is 24.1 Å². The van der Waals surface area contributed by atoms with E-state index in [1.807, 2.05) is 27.7 Å². The minimum absolute atomic E-state index is 0.171. The Hall–Kier alpha value is -1.54. The third kappa shape index (κ3) is 5.39. The van der Waals surface area contributed by atoms with Crippen molar-refractivity contribution in [2.75, 3.05) is 30.5 Å². The number of alkyl halides is 2. The molecule has 120 valence electrons. The van der Waals surface area contributed by atoms with E-state index < -0.39 is 13.0 Å². The number of ether oxygens (including phenoxy) is 1. The first-order valence-electron chi connectivity index (χ1n) is 6.71. The lowest BCUT2D eigenvalue weighted by Crippen LogP contribution is -2.22. The highest BCUT2D eigenvalue weighted by Gasteiger charge is 2.20. The monoisotopic (exact) mass is 303 g/mol. The lowest BCUT2D eigenvalue weighted by Gasteiger charge is -2.20. The quantitative estimate of drug-likeness (QED) is 0.406. The van der Waals surface area contributed by atoms with E-state index in [4.69, 9.17) is 10.6 Å². The molecule has 0 saturated carbocycles. The summed E-state index contributed by atoms with van der Waals surface area (Å²) >= 11 is 0. The molecule has 1 rings (SSSR count). The van der Waals surface area contributed by atoms with Crippen LogP contribution in [-0.4, -0.2) is 36.2 Å². The fraction of sp³-hybridized carbons (Fsp3) is 0.692. The van der Waals surface area contributed by atoms with Crippen LogP contribution in [0.15, 0.2) is 0 Å². The highest BCUT2D eigenvalue weighted by molar-refractivity contribution is 5.57. The second kappa shape index (κ2) is 7.46. The maximum Gasteiger partial charge on any atom is 0.261 e. The van der Waals surface area contributed by atoms with Crippen molar-refractivity contribution in [1.29, 1.82) is 0 Å². The molecule has 0 spiro atoms. The van der Waals surface area contributed by atoms with Gasteiger partial charge in [-0.3, -0.25) is 0 Å². The lowest BCUT2D eigenvalue weighted by atomic mass is 9.95. The van der Waals surface area contributed by atoms with Gasteiger partial charge in [0.25, 0.3) is 6.43 Å². The fourth-order valence-corrected chi connectivity index (χ4v) is 1.58. The van der Waals surface area contributed by atoms with Crippen LogP contribution in [0.25, 0.3) is 0 Å². The molecule has 0 amide bonds. The maximum atomic E-state index is 11.9. The highest BCUT2D eigenvalue weighted by atomic mass is 19.3. The van der Waals surface area contributed by atoms with Crippen LogP contribution in [0.1, 0.15) is 32.2 Å². The van der Waals surface area contributed by atoms with Gasteiger partial charge < -0.3 is 15.5 Å². The molecule has 0 bridgehead atoms. The first-order valence-corrected chi connectivity index (χ1v) is 6.71. The molecule has 0 aliphatic heterocycles. The number of nitrogens with zero attached hydrogens (tertiary/aromatic N) is 2. The fourth-order valence-electron chi connectivity index (χ4n) is 1.58. The van der Waals surface area contributed by atoms with Crippen molar-refractivity contribution in [1.82, 2.24) is 9.97 Å². The van der Waals surface area contributed by atoms with Crippen LogP contribution >= 0.6 is 0 Å². The molecule has 21 heavy (non-hydrogen) atoms. The summed E-state index contributed by atoms with van der Waals surface area (Å²) in [4.78, 5) is 8.84. The van der Waals surface area contributed by atoms with E-state index in [2.05, 4.69) is 20.7 Å². The van der Waals surface area contributed by atoms with Gasteiger partial charge in [-0.05, 0) is 6.92 Å². The zero-order valence-electron chi connectivity index (χ0n) is 12.8. The summed E-state index contributed by atoms with van der Waals surface area (Å²) < 4.78 is 28.7. The Morgan fingerprint density at radius 1 is 1.24 bits per heavy atom. The summed E-state index contributed by atoms with van der Waals surface area (Å²) in [7, 11) is 0. The Bertz CT molecular complexity index is 463. The van der Waals surface area contributed by atoms with Crippen LogP contribution in [0, 0.1) is 6.92 Å². The van der Waals surface area contributed by atoms with Crippen molar-refractivity contribution in [3.05, 3.63) is 11.4 Å². The molecule has 0 unspecified atom stereocenters. The summed E-state index contributed by atoms with van der Waals surface area (Å²) in [6.45, 7) is 7.79. The van der Waals surface area contributed by atoms with Crippen molar-refractivity contribution in [3.8, 4) is 0 Å². The minimum atomic E-state index is -2.45. The second-order valence-electron chi connectivity index (χ2n) is 5.66. The highest BCUT2D eigenvalue weighted by Crippen LogP contribution is 2.25. The largest absolute Gasteiger partial charge is 0.374 e. The van der Waals surface area contributed by atoms with Gasteiger partial charge in [0.05, 0.1) is 6.61 Å². The van der Waals surface area contributed by atoms with Crippen LogP contribution in [0.4, 0.5) is 20.4 Å². The molecule has 8 heteroatoms. The van der Waals surface area contributed by atoms with Crippen molar-refractivity contribution >= 4 is 11.6 Å². The van der Waals surface area contributed by atoms with Gasteiger partial charge in [-0.2, -0.15) is 0 Å². The SMILES string of the molecule is Cc1c(NN)nc(C(C)(C)C)nc1NCCOCC(F)F. The van der Waals surface area contributed by atoms with Crippen LogP contribution in [0.5, 0.6) is 0 Å². The van der Waals surface area contributed by atoms with Crippen molar-refractivity contribution in [2.45, 2.75) is 39.5 Å². The first kappa shape index (κ1) is 17.5. The number of hydrazine groups is 1. The van der Waals surface area contributed by atoms with E-state index in [0.717, 1.165) is 5.56 Å². The summed E-state index contributed by atoms with van der Waals surface area (Å²) in [6.07, 6.45) is -2.45. The number of anilines is 2. The smallest absolute Gasteiger partial charge is 0.261 e. The van der Waals surface area contributed by atoms with Gasteiger partial charge >= 0.3 is 0 Å². The topological polar surface area (TPSA) is 85.1 Å². The first-order chi connectivity index (χ1) is 9.75. The number of hydrogen-bond acceptors (Lipinski definition) is 6. The van der Waals surface area contributed by atoms with Gasteiger partial charge in [-0.15, -0.1) is 0 Å². The Labute approximate surface area is 123 Å². The van der Waals surface area contributed by atoms with Gasteiger partial charge in [0.2, 0.25) is 0 Å². The molecule has 0 aliphatic carbocycles. The van der Waals surface area contributed by atoms with E-state index in [9.17, 15) is 8.78 Å². The maximum absolute atomic E-state index is 11.9. The Morgan fingerprint density at radius 3 is 2.38 bits per heavy atom. The molecule has 1 heterocycles. The molecular weight excluding hydrogens is 280 g/mol. The van der Waals surface area contributed by atoms with Crippen LogP contribution in [-0.2, 0) is 10.2 Å². The molecule has 0 radical (unpaired) electrons. The number of nitrogens with one attached hydrogen (secondary N) is 2. The molecule has 0 aliphatic rings. The van der Waals surface area contributed by atoms with Crippen LogP contribution in [0.3, 0.4) is 0 Å². The van der Waals surface area contributed by atoms with Gasteiger partial charge in [-0.1, -0.05) is 20.8 Å². The van der Waals surface area contributed by atoms with Crippen LogP contribution in [0.2, 0.25) is 0 Å². The van der Waals surface area contributed by atoms with E-state index >= 15 is 0 Å². The summed E-state index contributed by atoms with van der Waals surface area (Å²) in [5.41, 5.74) is 3.07. The second-order valence-corrected chi connectivity index (χ2v) is 5.66. The summed E-state index contributed by atoms with van der Waals surface area (Å²) in [5, 5.41) is 3.06. The average molecular weight is 303 g/mol. The number of nitrogen functional groups attached to an aromatic ring is 1. The Kier molecular flexibility index (Phi) is 6.22. The molecule has 6 nitrogen and oxygen atoms in total. The van der Waals surface area contributed by atoms with Gasteiger partial charge in [-0.25, -0.2) is 24.6 Å². The Balaban J connectivity index is 2.76. The predicted molar refractivity (Wildman–Crippen MR) is 78.6 cm³/mol. The van der Waals surface area contributed by atoms with E-state index in [-0.39, 0.29) is 12.0 Å². The average Bonchev–Trinajstić information content (AvgIpc) is 2.38. The Morgan fingerprint density at radius 2 is 1.86 bits per heavy atom. The summed E-state index contributed by atoms with van der Waals surface area (Å²) in [6, 6.07) is 0. The van der Waals surface area contributed by atoms with Gasteiger partial charge in [0, 0.05) is 17.5 Å². The number of aromatic nitrogens is 2. The minimum Gasteiger partial charge on any atom is -0.374 e. The predicted octanol–water partition coefficient (Wildman–Crippen LogP) is 2.06. The number of nitrogens with two attached hydrogens (primary N) is 1. The third-order valence-corrected chi connectivity index (χ3v) is 2.74. The lowest BCUT2D eigenvalue weighted by molar-refractivity contribution is 0.0214. The molecule has 0 aromatic carbocycles. The number of hydrogen-bond donors (Lipinski definition) is 3.